The maximum absolute atomic E-state index is 13.5. The molecular formula is C76H135NO10. The average Bonchev–Trinajstić information content (AvgIpc) is 2.32. The van der Waals surface area contributed by atoms with Gasteiger partial charge in [-0.25, -0.2) is 0 Å². The van der Waals surface area contributed by atoms with Crippen molar-refractivity contribution in [3.8, 4) is 0 Å². The van der Waals surface area contributed by atoms with Gasteiger partial charge in [-0.15, -0.1) is 0 Å². The van der Waals surface area contributed by atoms with E-state index in [0.717, 1.165) is 96.3 Å². The second-order valence-electron chi connectivity index (χ2n) is 25.0. The van der Waals surface area contributed by atoms with E-state index in [4.69, 9.17) is 14.2 Å². The molecule has 0 aromatic heterocycles. The molecule has 8 atom stereocenters. The molecule has 0 saturated carbocycles. The van der Waals surface area contributed by atoms with E-state index in [1.165, 1.54) is 180 Å². The van der Waals surface area contributed by atoms with Gasteiger partial charge in [-0.05, 0) is 103 Å². The summed E-state index contributed by atoms with van der Waals surface area (Å²) in [5.41, 5.74) is 0. The van der Waals surface area contributed by atoms with Crippen molar-refractivity contribution in [3.05, 3.63) is 85.1 Å². The molecule has 11 heteroatoms. The quantitative estimate of drug-likeness (QED) is 0.0195. The van der Waals surface area contributed by atoms with E-state index in [1.54, 1.807) is 6.08 Å². The first-order chi connectivity index (χ1) is 42.7. The minimum Gasteiger partial charge on any atom is -0.454 e. The van der Waals surface area contributed by atoms with Crippen LogP contribution in [0.1, 0.15) is 323 Å². The predicted octanol–water partition coefficient (Wildman–Crippen LogP) is 18.8. The van der Waals surface area contributed by atoms with Crippen molar-refractivity contribution >= 4 is 11.9 Å². The molecule has 8 unspecified atom stereocenters. The smallest absolute Gasteiger partial charge is 0.306 e. The van der Waals surface area contributed by atoms with Crippen LogP contribution in [0.5, 0.6) is 0 Å². The highest BCUT2D eigenvalue weighted by atomic mass is 16.7. The van der Waals surface area contributed by atoms with Gasteiger partial charge < -0.3 is 45.1 Å². The molecule has 1 amide bonds. The normalized spacial score (nSPS) is 18.7. The Morgan fingerprint density at radius 3 is 1.21 bits per heavy atom. The van der Waals surface area contributed by atoms with Gasteiger partial charge in [-0.1, -0.05) is 298 Å². The molecule has 0 spiro atoms. The van der Waals surface area contributed by atoms with Crippen LogP contribution < -0.4 is 5.32 Å². The number of hydrogen-bond donors (Lipinski definition) is 6. The summed E-state index contributed by atoms with van der Waals surface area (Å²) in [6.45, 7) is 5.77. The highest BCUT2D eigenvalue weighted by Gasteiger charge is 2.47. The molecule has 1 aliphatic rings. The van der Waals surface area contributed by atoms with Gasteiger partial charge >= 0.3 is 5.97 Å². The van der Waals surface area contributed by atoms with E-state index < -0.39 is 67.4 Å². The fraction of sp³-hybridized carbons (Fsp3) is 0.789. The standard InChI is InChI=1S/C76H135NO10/c1-4-7-10-13-16-19-22-25-27-29-31-33-35-37-39-41-43-46-49-52-55-58-61-64-71(81)87-74-73(83)72(82)70(65-78)86-76(74)85-66-67(68(79)62-59-56-53-50-47-44-24-21-18-15-12-9-6-3)77-75(84)69(80)63-60-57-54-51-48-45-42-40-38-36-34-32-30-28-26-23-20-17-14-11-8-5-2/h16-17,19-20,25-28,31-34,59,62,67-70,72-74,76,78-80,82-83H,4-15,18,21-24,29-30,35-58,60-61,63-66H2,1-3H3,(H,77,84)/b19-16-,20-17-,27-25-,28-26-,33-31-,34-32-,62-59+. The van der Waals surface area contributed by atoms with Crippen LogP contribution in [0.25, 0.3) is 0 Å². The molecule has 1 fully saturated rings. The summed E-state index contributed by atoms with van der Waals surface area (Å²) < 4.78 is 17.7. The molecule has 87 heavy (non-hydrogen) atoms. The zero-order chi connectivity index (χ0) is 63.1. The van der Waals surface area contributed by atoms with Crippen molar-refractivity contribution in [2.24, 2.45) is 0 Å². The Bertz CT molecular complexity index is 1740. The van der Waals surface area contributed by atoms with Crippen molar-refractivity contribution in [1.29, 1.82) is 0 Å². The van der Waals surface area contributed by atoms with Crippen molar-refractivity contribution in [2.45, 2.75) is 372 Å². The Labute approximate surface area is 533 Å². The highest BCUT2D eigenvalue weighted by molar-refractivity contribution is 5.80. The fourth-order valence-electron chi connectivity index (χ4n) is 11.0. The van der Waals surface area contributed by atoms with Crippen molar-refractivity contribution < 1.29 is 49.3 Å². The number of aliphatic hydroxyl groups excluding tert-OH is 5. The van der Waals surface area contributed by atoms with Crippen LogP contribution >= 0.6 is 0 Å². The molecule has 504 valence electrons. The van der Waals surface area contributed by atoms with Gasteiger partial charge in [-0.2, -0.15) is 0 Å². The summed E-state index contributed by atoms with van der Waals surface area (Å²) in [5.74, 6) is -1.20. The fourth-order valence-corrected chi connectivity index (χ4v) is 11.0. The van der Waals surface area contributed by atoms with Gasteiger partial charge in [0.25, 0.3) is 0 Å². The molecule has 0 aromatic rings. The molecule has 0 bridgehead atoms. The van der Waals surface area contributed by atoms with Gasteiger partial charge in [0.15, 0.2) is 12.4 Å². The Hall–Kier alpha value is -3.16. The predicted molar refractivity (Wildman–Crippen MR) is 366 cm³/mol. The molecule has 11 nitrogen and oxygen atoms in total. The van der Waals surface area contributed by atoms with Crippen molar-refractivity contribution in [3.63, 3.8) is 0 Å². The Morgan fingerprint density at radius 1 is 0.448 bits per heavy atom. The van der Waals surface area contributed by atoms with E-state index in [-0.39, 0.29) is 19.4 Å². The Balaban J connectivity index is 2.59. The number of aliphatic hydroxyl groups is 5. The molecule has 1 rings (SSSR count). The van der Waals surface area contributed by atoms with Crippen LogP contribution in [0.3, 0.4) is 0 Å². The van der Waals surface area contributed by atoms with Crippen LogP contribution in [0.15, 0.2) is 85.1 Å². The van der Waals surface area contributed by atoms with Crippen LogP contribution in [0.2, 0.25) is 0 Å². The third kappa shape index (κ3) is 50.2. The van der Waals surface area contributed by atoms with Crippen LogP contribution in [-0.4, -0.2) is 99.6 Å². The molecule has 0 aromatic carbocycles. The van der Waals surface area contributed by atoms with Gasteiger partial charge in [0, 0.05) is 6.42 Å². The average molecular weight is 1220 g/mol. The second kappa shape index (κ2) is 63.0. The summed E-state index contributed by atoms with van der Waals surface area (Å²) in [7, 11) is 0. The Kier molecular flexibility index (Phi) is 59.3. The number of hydrogen-bond acceptors (Lipinski definition) is 10. The van der Waals surface area contributed by atoms with E-state index in [1.807, 2.05) is 6.08 Å². The third-order valence-electron chi connectivity index (χ3n) is 16.8. The monoisotopic (exact) mass is 1220 g/mol. The summed E-state index contributed by atoms with van der Waals surface area (Å²) in [6.07, 6.45) is 73.2. The zero-order valence-corrected chi connectivity index (χ0v) is 56.1. The molecule has 6 N–H and O–H groups in total. The molecule has 1 heterocycles. The number of unbranched alkanes of at least 4 members (excludes halogenated alkanes) is 36. The van der Waals surface area contributed by atoms with Crippen molar-refractivity contribution in [2.75, 3.05) is 13.2 Å². The van der Waals surface area contributed by atoms with Crippen LogP contribution in [-0.2, 0) is 23.8 Å². The lowest BCUT2D eigenvalue weighted by molar-refractivity contribution is -0.305. The lowest BCUT2D eigenvalue weighted by Crippen LogP contribution is -2.61. The van der Waals surface area contributed by atoms with E-state index in [2.05, 4.69) is 99.0 Å². The topological polar surface area (TPSA) is 175 Å². The Morgan fingerprint density at radius 2 is 0.793 bits per heavy atom. The zero-order valence-electron chi connectivity index (χ0n) is 56.1. The number of carbonyl (C=O) groups excluding carboxylic acids is 2. The van der Waals surface area contributed by atoms with E-state index in [0.29, 0.717) is 12.8 Å². The van der Waals surface area contributed by atoms with Gasteiger partial charge in [-0.3, -0.25) is 9.59 Å². The first-order valence-corrected chi connectivity index (χ1v) is 36.4. The van der Waals surface area contributed by atoms with E-state index in [9.17, 15) is 35.1 Å². The number of ether oxygens (including phenoxy) is 3. The number of allylic oxidation sites excluding steroid dienone is 13. The second-order valence-corrected chi connectivity index (χ2v) is 25.0. The number of nitrogens with one attached hydrogen (secondary N) is 1. The largest absolute Gasteiger partial charge is 0.454 e. The number of esters is 1. The van der Waals surface area contributed by atoms with Gasteiger partial charge in [0.05, 0.1) is 25.4 Å². The lowest BCUT2D eigenvalue weighted by Gasteiger charge is -2.41. The maximum atomic E-state index is 13.5. The molecule has 0 radical (unpaired) electrons. The molecule has 1 saturated heterocycles. The molecular weight excluding hydrogens is 1090 g/mol. The van der Waals surface area contributed by atoms with Crippen molar-refractivity contribution in [1.82, 2.24) is 5.32 Å². The lowest BCUT2D eigenvalue weighted by atomic mass is 9.99. The first-order valence-electron chi connectivity index (χ1n) is 36.4. The SMILES string of the molecule is CCCCC/C=C\C/C=C\C/C=C\CCCCCCCCCCCCC(=O)OC1C(OCC(NC(=O)C(O)CCCCCCCCCCC/C=C\C/C=C\C/C=C\CCCCC)C(O)/C=C/CCCCCCCCCCCCC)OC(CO)C(O)C1O. The molecule has 1 aliphatic heterocycles. The first kappa shape index (κ1) is 81.9. The number of rotatable bonds is 62. The van der Waals surface area contributed by atoms with E-state index >= 15 is 0 Å². The third-order valence-corrected chi connectivity index (χ3v) is 16.8. The van der Waals surface area contributed by atoms with Crippen LogP contribution in [0, 0.1) is 0 Å². The number of amides is 1. The van der Waals surface area contributed by atoms with Crippen LogP contribution in [0.4, 0.5) is 0 Å². The summed E-state index contributed by atoms with van der Waals surface area (Å²) in [5, 5.41) is 57.3. The minimum absolute atomic E-state index is 0.116. The minimum atomic E-state index is -1.62. The van der Waals surface area contributed by atoms with Gasteiger partial charge in [0.1, 0.15) is 24.4 Å². The highest BCUT2D eigenvalue weighted by Crippen LogP contribution is 2.26. The summed E-state index contributed by atoms with van der Waals surface area (Å²) in [4.78, 5) is 26.7. The molecule has 0 aliphatic carbocycles. The number of carbonyl (C=O) groups is 2. The van der Waals surface area contributed by atoms with Gasteiger partial charge in [0.2, 0.25) is 5.91 Å². The summed E-state index contributed by atoms with van der Waals surface area (Å²) >= 11 is 0. The summed E-state index contributed by atoms with van der Waals surface area (Å²) in [6, 6.07) is -1.03. The maximum Gasteiger partial charge on any atom is 0.306 e.